The van der Waals surface area contributed by atoms with Crippen LogP contribution in [0.3, 0.4) is 0 Å². The number of likely N-dealkylation sites (N-methyl/N-ethyl adjacent to an activating group) is 1. The molecular weight excluding hydrogens is 344 g/mol. The molecule has 0 radical (unpaired) electrons. The van der Waals surface area contributed by atoms with Gasteiger partial charge in [0.1, 0.15) is 11.5 Å². The van der Waals surface area contributed by atoms with Crippen LogP contribution in [0.2, 0.25) is 0 Å². The molecule has 6 heteroatoms. The molecule has 2 amide bonds. The lowest BCUT2D eigenvalue weighted by molar-refractivity contribution is -0.127. The molecule has 1 saturated heterocycles. The highest BCUT2D eigenvalue weighted by atomic mass is 16.5. The Hall–Kier alpha value is -3.02. The Kier molecular flexibility index (Phi) is 5.64. The van der Waals surface area contributed by atoms with Crippen LogP contribution < -0.4 is 14.8 Å². The topological polar surface area (TPSA) is 67.9 Å². The van der Waals surface area contributed by atoms with Crippen molar-refractivity contribution in [3.05, 3.63) is 48.0 Å². The third kappa shape index (κ3) is 4.22. The number of likely N-dealkylation sites (tertiary alicyclic amines) is 1. The average Bonchev–Trinajstić information content (AvgIpc) is 3.06. The van der Waals surface area contributed by atoms with Crippen LogP contribution >= 0.6 is 0 Å². The molecular formula is C21H24N2O4. The number of nitrogens with zero attached hydrogens (tertiary/aromatic N) is 1. The fraction of sp³-hybridized carbons (Fsp3) is 0.333. The van der Waals surface area contributed by atoms with E-state index in [0.29, 0.717) is 36.6 Å². The monoisotopic (exact) mass is 368 g/mol. The van der Waals surface area contributed by atoms with Crippen LogP contribution in [0.25, 0.3) is 11.1 Å². The maximum absolute atomic E-state index is 12.5. The van der Waals surface area contributed by atoms with E-state index in [9.17, 15) is 9.59 Å². The molecule has 1 aliphatic rings. The van der Waals surface area contributed by atoms with Gasteiger partial charge in [0.2, 0.25) is 5.91 Å². The fourth-order valence-electron chi connectivity index (χ4n) is 3.23. The number of benzene rings is 2. The Morgan fingerprint density at radius 2 is 1.70 bits per heavy atom. The Labute approximate surface area is 159 Å². The first-order chi connectivity index (χ1) is 13.0. The highest BCUT2D eigenvalue weighted by molar-refractivity contribution is 5.95. The average molecular weight is 368 g/mol. The molecule has 2 aromatic carbocycles. The number of ether oxygens (including phenoxy) is 2. The molecule has 2 aromatic rings. The van der Waals surface area contributed by atoms with E-state index in [0.717, 1.165) is 11.1 Å². The first-order valence-electron chi connectivity index (χ1n) is 8.96. The normalized spacial score (nSPS) is 16.3. The predicted molar refractivity (Wildman–Crippen MR) is 103 cm³/mol. The molecule has 0 aromatic heterocycles. The largest absolute Gasteiger partial charge is 0.497 e. The van der Waals surface area contributed by atoms with E-state index in [1.165, 1.54) is 0 Å². The minimum Gasteiger partial charge on any atom is -0.497 e. The zero-order chi connectivity index (χ0) is 19.4. The lowest BCUT2D eigenvalue weighted by Gasteiger charge is -2.15. The van der Waals surface area contributed by atoms with E-state index in [1.54, 1.807) is 31.3 Å². The van der Waals surface area contributed by atoms with Crippen LogP contribution in [0.15, 0.2) is 42.5 Å². The van der Waals surface area contributed by atoms with Gasteiger partial charge in [-0.05, 0) is 42.3 Å². The van der Waals surface area contributed by atoms with Crippen LogP contribution in [0.4, 0.5) is 0 Å². The fourth-order valence-corrected chi connectivity index (χ4v) is 3.23. The first-order valence-corrected chi connectivity index (χ1v) is 8.96. The quantitative estimate of drug-likeness (QED) is 0.851. The third-order valence-corrected chi connectivity index (χ3v) is 4.76. The second kappa shape index (κ2) is 8.12. The summed E-state index contributed by atoms with van der Waals surface area (Å²) in [5.41, 5.74) is 2.46. The van der Waals surface area contributed by atoms with Gasteiger partial charge < -0.3 is 19.7 Å². The first kappa shape index (κ1) is 18.8. The second-order valence-electron chi connectivity index (χ2n) is 6.49. The van der Waals surface area contributed by atoms with Crippen LogP contribution in [0.5, 0.6) is 11.5 Å². The van der Waals surface area contributed by atoms with E-state index in [2.05, 4.69) is 5.32 Å². The molecule has 1 fully saturated rings. The van der Waals surface area contributed by atoms with Crippen molar-refractivity contribution in [3.8, 4) is 22.6 Å². The van der Waals surface area contributed by atoms with Gasteiger partial charge >= 0.3 is 0 Å². The van der Waals surface area contributed by atoms with Crippen molar-refractivity contribution in [3.63, 3.8) is 0 Å². The van der Waals surface area contributed by atoms with E-state index in [4.69, 9.17) is 9.47 Å². The van der Waals surface area contributed by atoms with Crippen molar-refractivity contribution in [1.29, 1.82) is 0 Å². The Bertz CT molecular complexity index is 810. The lowest BCUT2D eigenvalue weighted by Crippen LogP contribution is -2.37. The molecule has 6 nitrogen and oxygen atoms in total. The van der Waals surface area contributed by atoms with Gasteiger partial charge in [0.05, 0.1) is 20.3 Å². The summed E-state index contributed by atoms with van der Waals surface area (Å²) in [6.45, 7) is 3.18. The minimum absolute atomic E-state index is 0.0881. The summed E-state index contributed by atoms with van der Waals surface area (Å²) >= 11 is 0. The number of carbonyl (C=O) groups is 2. The van der Waals surface area contributed by atoms with Crippen molar-refractivity contribution in [2.24, 2.45) is 0 Å². The molecule has 1 atom stereocenters. The van der Waals surface area contributed by atoms with Crippen molar-refractivity contribution in [2.45, 2.75) is 19.4 Å². The second-order valence-corrected chi connectivity index (χ2v) is 6.49. The summed E-state index contributed by atoms with van der Waals surface area (Å²) in [5, 5.41) is 2.94. The zero-order valence-electron chi connectivity index (χ0n) is 15.8. The van der Waals surface area contributed by atoms with Crippen LogP contribution in [-0.2, 0) is 4.79 Å². The lowest BCUT2D eigenvalue weighted by atomic mass is 10.0. The Balaban J connectivity index is 1.72. The number of rotatable bonds is 6. The van der Waals surface area contributed by atoms with Gasteiger partial charge in [-0.15, -0.1) is 0 Å². The smallest absolute Gasteiger partial charge is 0.251 e. The van der Waals surface area contributed by atoms with Gasteiger partial charge in [-0.2, -0.15) is 0 Å². The van der Waals surface area contributed by atoms with E-state index in [1.807, 2.05) is 37.3 Å². The maximum Gasteiger partial charge on any atom is 0.251 e. The Morgan fingerprint density at radius 1 is 1.07 bits per heavy atom. The van der Waals surface area contributed by atoms with Crippen LogP contribution in [0.1, 0.15) is 23.7 Å². The summed E-state index contributed by atoms with van der Waals surface area (Å²) in [4.78, 5) is 26.0. The van der Waals surface area contributed by atoms with Crippen LogP contribution in [0, 0.1) is 0 Å². The van der Waals surface area contributed by atoms with Crippen molar-refractivity contribution < 1.29 is 19.1 Å². The number of nitrogens with one attached hydrogen (secondary N) is 1. The minimum atomic E-state index is -0.166. The molecule has 27 heavy (non-hydrogen) atoms. The summed E-state index contributed by atoms with van der Waals surface area (Å²) in [7, 11) is 3.22. The van der Waals surface area contributed by atoms with Gasteiger partial charge in [0.15, 0.2) is 0 Å². The standard InChI is InChI=1S/C21H24N2O4/c1-4-23-13-17(11-20(23)24)22-21(25)15-7-5-14(6-8-15)16-9-18(26-2)12-19(10-16)27-3/h5-10,12,17H,4,11,13H2,1-3H3,(H,22,25). The van der Waals surface area contributed by atoms with Gasteiger partial charge in [-0.1, -0.05) is 12.1 Å². The molecule has 0 saturated carbocycles. The molecule has 1 N–H and O–H groups in total. The molecule has 1 unspecified atom stereocenters. The molecule has 142 valence electrons. The molecule has 1 heterocycles. The van der Waals surface area contributed by atoms with Gasteiger partial charge in [-0.25, -0.2) is 0 Å². The summed E-state index contributed by atoms with van der Waals surface area (Å²) in [5.74, 6) is 1.33. The van der Waals surface area contributed by atoms with Gasteiger partial charge in [-0.3, -0.25) is 9.59 Å². The zero-order valence-corrected chi connectivity index (χ0v) is 15.8. The third-order valence-electron chi connectivity index (χ3n) is 4.76. The number of amides is 2. The van der Waals surface area contributed by atoms with Crippen molar-refractivity contribution in [1.82, 2.24) is 10.2 Å². The van der Waals surface area contributed by atoms with Crippen LogP contribution in [-0.4, -0.2) is 50.1 Å². The van der Waals surface area contributed by atoms with Gasteiger partial charge in [0, 0.05) is 31.1 Å². The summed E-state index contributed by atoms with van der Waals surface area (Å²) in [6.07, 6.45) is 0.362. The summed E-state index contributed by atoms with van der Waals surface area (Å²) < 4.78 is 10.6. The Morgan fingerprint density at radius 3 is 2.22 bits per heavy atom. The maximum atomic E-state index is 12.5. The van der Waals surface area contributed by atoms with E-state index >= 15 is 0 Å². The molecule has 0 bridgehead atoms. The number of hydrogen-bond donors (Lipinski definition) is 1. The van der Waals surface area contributed by atoms with Crippen molar-refractivity contribution in [2.75, 3.05) is 27.3 Å². The highest BCUT2D eigenvalue weighted by Crippen LogP contribution is 2.29. The molecule has 0 spiro atoms. The highest BCUT2D eigenvalue weighted by Gasteiger charge is 2.29. The van der Waals surface area contributed by atoms with Crippen molar-refractivity contribution >= 4 is 11.8 Å². The van der Waals surface area contributed by atoms with E-state index in [-0.39, 0.29) is 17.9 Å². The molecule has 0 aliphatic carbocycles. The van der Waals surface area contributed by atoms with Gasteiger partial charge in [0.25, 0.3) is 5.91 Å². The summed E-state index contributed by atoms with van der Waals surface area (Å²) in [6, 6.07) is 12.9. The molecule has 1 aliphatic heterocycles. The van der Waals surface area contributed by atoms with E-state index < -0.39 is 0 Å². The SMILES string of the molecule is CCN1CC(NC(=O)c2ccc(-c3cc(OC)cc(OC)c3)cc2)CC1=O. The number of hydrogen-bond acceptors (Lipinski definition) is 4. The molecule has 3 rings (SSSR count). The predicted octanol–water partition coefficient (Wildman–Crippen LogP) is 2.72. The number of methoxy groups -OCH3 is 2. The number of carbonyl (C=O) groups excluding carboxylic acids is 2.